The van der Waals surface area contributed by atoms with Crippen molar-refractivity contribution in [1.82, 2.24) is 0 Å². The van der Waals surface area contributed by atoms with E-state index in [1.54, 1.807) is 12.1 Å². The minimum Gasteiger partial charge on any atom is -0.400 e. The van der Waals surface area contributed by atoms with Gasteiger partial charge in [0.2, 0.25) is 0 Å². The molecule has 0 aliphatic heterocycles. The molecule has 3 nitrogen and oxygen atoms in total. The molecule has 10 heavy (non-hydrogen) atoms. The third-order valence-electron chi connectivity index (χ3n) is 0.996. The molecule has 0 spiro atoms. The maximum Gasteiger partial charge on any atom is 0.0547 e. The summed E-state index contributed by atoms with van der Waals surface area (Å²) < 4.78 is 0. The molecule has 0 aliphatic carbocycles. The van der Waals surface area contributed by atoms with Gasteiger partial charge in [-0.3, -0.25) is 0 Å². The fourth-order valence-corrected chi connectivity index (χ4v) is 0.511. The molecule has 0 saturated carbocycles. The predicted molar refractivity (Wildman–Crippen MR) is 43.4 cm³/mol. The van der Waals surface area contributed by atoms with Gasteiger partial charge in [-0.2, -0.15) is 0 Å². The van der Waals surface area contributed by atoms with Crippen LogP contribution in [0.25, 0.3) is 0 Å². The first-order valence-corrected chi connectivity index (χ1v) is 2.85. The lowest BCUT2D eigenvalue weighted by Crippen LogP contribution is -1.91. The van der Waals surface area contributed by atoms with Crippen molar-refractivity contribution < 1.29 is 5.11 Å². The first kappa shape index (κ1) is 8.78. The Morgan fingerprint density at radius 1 is 1.00 bits per heavy atom. The SMILES string of the molecule is CO.Nc1ccccc1N. The quantitative estimate of drug-likeness (QED) is 0.458. The van der Waals surface area contributed by atoms with Crippen LogP contribution in [-0.4, -0.2) is 12.2 Å². The maximum atomic E-state index is 7.00. The number of benzene rings is 1. The van der Waals surface area contributed by atoms with E-state index in [9.17, 15) is 0 Å². The Morgan fingerprint density at radius 2 is 1.30 bits per heavy atom. The largest absolute Gasteiger partial charge is 0.400 e. The third-order valence-corrected chi connectivity index (χ3v) is 0.996. The van der Waals surface area contributed by atoms with Gasteiger partial charge in [-0.1, -0.05) is 12.1 Å². The lowest BCUT2D eigenvalue weighted by molar-refractivity contribution is 0.399. The Labute approximate surface area is 60.3 Å². The normalized spacial score (nSPS) is 7.80. The summed E-state index contributed by atoms with van der Waals surface area (Å²) in [7, 11) is 1.00. The molecule has 1 rings (SSSR count). The van der Waals surface area contributed by atoms with Gasteiger partial charge in [-0.15, -0.1) is 0 Å². The van der Waals surface area contributed by atoms with Crippen molar-refractivity contribution in [3.8, 4) is 0 Å². The average molecular weight is 140 g/mol. The van der Waals surface area contributed by atoms with E-state index in [0.717, 1.165) is 7.11 Å². The van der Waals surface area contributed by atoms with E-state index in [0.29, 0.717) is 11.4 Å². The molecule has 0 aromatic heterocycles. The summed E-state index contributed by atoms with van der Waals surface area (Å²) in [4.78, 5) is 0. The lowest BCUT2D eigenvalue weighted by atomic mass is 10.3. The Hall–Kier alpha value is -1.22. The standard InChI is InChI=1S/C6H8N2.CH4O/c7-5-3-1-2-4-6(5)8;1-2/h1-4H,7-8H2;2H,1H3. The Balaban J connectivity index is 0.000000371. The van der Waals surface area contributed by atoms with Crippen molar-refractivity contribution in [1.29, 1.82) is 0 Å². The van der Waals surface area contributed by atoms with E-state index in [1.165, 1.54) is 0 Å². The fraction of sp³-hybridized carbons (Fsp3) is 0.143. The number of nitrogen functional groups attached to an aromatic ring is 2. The molecule has 1 aromatic rings. The second-order valence-electron chi connectivity index (χ2n) is 1.63. The molecule has 0 amide bonds. The summed E-state index contributed by atoms with van der Waals surface area (Å²) >= 11 is 0. The zero-order valence-electron chi connectivity index (χ0n) is 5.91. The van der Waals surface area contributed by atoms with E-state index in [-0.39, 0.29) is 0 Å². The molecule has 0 unspecified atom stereocenters. The highest BCUT2D eigenvalue weighted by Crippen LogP contribution is 2.10. The zero-order chi connectivity index (χ0) is 7.98. The number of hydrogen-bond acceptors (Lipinski definition) is 3. The Bertz CT molecular complexity index is 168. The van der Waals surface area contributed by atoms with Crippen LogP contribution < -0.4 is 11.5 Å². The van der Waals surface area contributed by atoms with Crippen LogP contribution in [0.4, 0.5) is 11.4 Å². The lowest BCUT2D eigenvalue weighted by Gasteiger charge is -1.94. The molecular formula is C7H12N2O. The van der Waals surface area contributed by atoms with Gasteiger partial charge in [0.25, 0.3) is 0 Å². The van der Waals surface area contributed by atoms with Crippen LogP contribution in [0.5, 0.6) is 0 Å². The molecule has 0 saturated heterocycles. The van der Waals surface area contributed by atoms with Gasteiger partial charge in [0.15, 0.2) is 0 Å². The number of aliphatic hydroxyl groups is 1. The van der Waals surface area contributed by atoms with Gasteiger partial charge in [0.05, 0.1) is 11.4 Å². The van der Waals surface area contributed by atoms with Gasteiger partial charge in [-0.25, -0.2) is 0 Å². The number of para-hydroxylation sites is 2. The summed E-state index contributed by atoms with van der Waals surface area (Å²) in [6.45, 7) is 0. The van der Waals surface area contributed by atoms with Crippen molar-refractivity contribution in [3.63, 3.8) is 0 Å². The number of aliphatic hydroxyl groups excluding tert-OH is 1. The van der Waals surface area contributed by atoms with E-state index >= 15 is 0 Å². The predicted octanol–water partition coefficient (Wildman–Crippen LogP) is 0.459. The van der Waals surface area contributed by atoms with Crippen molar-refractivity contribution >= 4 is 11.4 Å². The van der Waals surface area contributed by atoms with E-state index < -0.39 is 0 Å². The number of hydrogen-bond donors (Lipinski definition) is 3. The molecule has 0 aliphatic rings. The summed E-state index contributed by atoms with van der Waals surface area (Å²) in [6.07, 6.45) is 0. The monoisotopic (exact) mass is 140 g/mol. The van der Waals surface area contributed by atoms with Gasteiger partial charge < -0.3 is 16.6 Å². The number of anilines is 2. The van der Waals surface area contributed by atoms with Crippen LogP contribution in [-0.2, 0) is 0 Å². The maximum absolute atomic E-state index is 7.00. The first-order valence-electron chi connectivity index (χ1n) is 2.85. The van der Waals surface area contributed by atoms with Gasteiger partial charge in [-0.05, 0) is 12.1 Å². The average Bonchev–Trinajstić information content (AvgIpc) is 2.00. The molecular weight excluding hydrogens is 128 g/mol. The summed E-state index contributed by atoms with van der Waals surface area (Å²) in [5.74, 6) is 0. The van der Waals surface area contributed by atoms with Crippen LogP contribution >= 0.6 is 0 Å². The number of rotatable bonds is 0. The molecule has 3 heteroatoms. The van der Waals surface area contributed by atoms with E-state index in [2.05, 4.69) is 0 Å². The van der Waals surface area contributed by atoms with Gasteiger partial charge in [0.1, 0.15) is 0 Å². The fourth-order valence-electron chi connectivity index (χ4n) is 0.511. The molecule has 5 N–H and O–H groups in total. The summed E-state index contributed by atoms with van der Waals surface area (Å²) in [6, 6.07) is 7.25. The van der Waals surface area contributed by atoms with Gasteiger partial charge in [0, 0.05) is 7.11 Å². The molecule has 0 atom stereocenters. The van der Waals surface area contributed by atoms with Gasteiger partial charge >= 0.3 is 0 Å². The summed E-state index contributed by atoms with van der Waals surface area (Å²) in [5.41, 5.74) is 12.1. The minimum absolute atomic E-state index is 0.646. The second kappa shape index (κ2) is 4.64. The van der Waals surface area contributed by atoms with E-state index in [1.807, 2.05) is 12.1 Å². The highest BCUT2D eigenvalue weighted by atomic mass is 16.2. The smallest absolute Gasteiger partial charge is 0.0547 e. The molecule has 0 heterocycles. The van der Waals surface area contributed by atoms with Crippen LogP contribution in [0.2, 0.25) is 0 Å². The van der Waals surface area contributed by atoms with Crippen molar-refractivity contribution in [2.45, 2.75) is 0 Å². The van der Waals surface area contributed by atoms with Crippen LogP contribution in [0.15, 0.2) is 24.3 Å². The first-order chi connectivity index (χ1) is 4.80. The molecule has 56 valence electrons. The van der Waals surface area contributed by atoms with Crippen LogP contribution in [0, 0.1) is 0 Å². The molecule has 0 radical (unpaired) electrons. The Kier molecular flexibility index (Phi) is 4.07. The Morgan fingerprint density at radius 3 is 1.50 bits per heavy atom. The van der Waals surface area contributed by atoms with Crippen molar-refractivity contribution in [2.24, 2.45) is 0 Å². The topological polar surface area (TPSA) is 72.3 Å². The van der Waals surface area contributed by atoms with Crippen LogP contribution in [0.1, 0.15) is 0 Å². The second-order valence-corrected chi connectivity index (χ2v) is 1.63. The summed E-state index contributed by atoms with van der Waals surface area (Å²) in [5, 5.41) is 7.00. The van der Waals surface area contributed by atoms with Crippen LogP contribution in [0.3, 0.4) is 0 Å². The minimum atomic E-state index is 0.646. The number of nitrogens with two attached hydrogens (primary N) is 2. The van der Waals surface area contributed by atoms with Crippen molar-refractivity contribution in [2.75, 3.05) is 18.6 Å². The highest BCUT2D eigenvalue weighted by molar-refractivity contribution is 5.62. The van der Waals surface area contributed by atoms with E-state index in [4.69, 9.17) is 16.6 Å². The molecule has 0 fully saturated rings. The zero-order valence-corrected chi connectivity index (χ0v) is 5.91. The third kappa shape index (κ3) is 2.37. The molecule has 0 bridgehead atoms. The molecule has 1 aromatic carbocycles. The highest BCUT2D eigenvalue weighted by Gasteiger charge is 1.85. The van der Waals surface area contributed by atoms with Crippen molar-refractivity contribution in [3.05, 3.63) is 24.3 Å².